The van der Waals surface area contributed by atoms with Gasteiger partial charge in [-0.3, -0.25) is 9.59 Å². The highest BCUT2D eigenvalue weighted by molar-refractivity contribution is 5.98. The Morgan fingerprint density at radius 3 is 2.41 bits per heavy atom. The van der Waals surface area contributed by atoms with E-state index in [1.54, 1.807) is 15.9 Å². The number of carbonyl (C=O) groups excluding carboxylic acids is 2. The van der Waals surface area contributed by atoms with Gasteiger partial charge in [0.1, 0.15) is 11.5 Å². The summed E-state index contributed by atoms with van der Waals surface area (Å²) in [5, 5.41) is 0. The zero-order chi connectivity index (χ0) is 23.3. The number of hydrogen-bond donors (Lipinski definition) is 0. The van der Waals surface area contributed by atoms with E-state index in [1.165, 1.54) is 0 Å². The van der Waals surface area contributed by atoms with Crippen LogP contribution in [0.15, 0.2) is 78.9 Å². The minimum atomic E-state index is -0.770. The molecular weight excluding hydrogens is 432 g/mol. The van der Waals surface area contributed by atoms with Crippen LogP contribution in [0.1, 0.15) is 0 Å². The van der Waals surface area contributed by atoms with Crippen molar-refractivity contribution in [3.63, 3.8) is 0 Å². The van der Waals surface area contributed by atoms with Crippen LogP contribution >= 0.6 is 0 Å². The second-order valence-electron chi connectivity index (χ2n) is 8.17. The second kappa shape index (κ2) is 9.97. The molecule has 7 nitrogen and oxygen atoms in total. The number of morpholine rings is 1. The van der Waals surface area contributed by atoms with E-state index >= 15 is 0 Å². The summed E-state index contributed by atoms with van der Waals surface area (Å²) in [7, 11) is 0. The molecule has 0 unspecified atom stereocenters. The monoisotopic (exact) mass is 458 g/mol. The van der Waals surface area contributed by atoms with Gasteiger partial charge in [-0.1, -0.05) is 60.7 Å². The maximum absolute atomic E-state index is 13.3. The molecule has 2 aliphatic heterocycles. The number of fused-ring (bicyclic) bond motifs is 1. The average molecular weight is 459 g/mol. The highest BCUT2D eigenvalue weighted by atomic mass is 16.5. The van der Waals surface area contributed by atoms with Crippen molar-refractivity contribution in [1.29, 1.82) is 0 Å². The molecule has 0 aromatic heterocycles. The van der Waals surface area contributed by atoms with Crippen molar-refractivity contribution < 1.29 is 23.8 Å². The van der Waals surface area contributed by atoms with Gasteiger partial charge in [-0.05, 0) is 23.8 Å². The summed E-state index contributed by atoms with van der Waals surface area (Å²) in [4.78, 5) is 29.7. The first-order chi connectivity index (χ1) is 16.7. The molecule has 2 aliphatic rings. The van der Waals surface area contributed by atoms with Crippen LogP contribution in [0.2, 0.25) is 0 Å². The summed E-state index contributed by atoms with van der Waals surface area (Å²) in [6.45, 7) is 2.03. The molecular formula is C27H26N2O5. The van der Waals surface area contributed by atoms with Crippen LogP contribution in [0.5, 0.6) is 11.5 Å². The van der Waals surface area contributed by atoms with Crippen molar-refractivity contribution in [1.82, 2.24) is 4.90 Å². The van der Waals surface area contributed by atoms with E-state index in [1.807, 2.05) is 72.8 Å². The summed E-state index contributed by atoms with van der Waals surface area (Å²) in [6, 6.07) is 24.8. The van der Waals surface area contributed by atoms with E-state index in [0.29, 0.717) is 43.5 Å². The van der Waals surface area contributed by atoms with Crippen LogP contribution in [0.3, 0.4) is 0 Å². The number of nitrogens with zero attached hydrogens (tertiary/aromatic N) is 2. The highest BCUT2D eigenvalue weighted by Gasteiger charge is 2.36. The van der Waals surface area contributed by atoms with Gasteiger partial charge < -0.3 is 24.0 Å². The summed E-state index contributed by atoms with van der Waals surface area (Å²) in [6.07, 6.45) is -0.770. The third-order valence-corrected chi connectivity index (χ3v) is 6.00. The van der Waals surface area contributed by atoms with Gasteiger partial charge in [0.15, 0.2) is 12.7 Å². The zero-order valence-corrected chi connectivity index (χ0v) is 18.8. The highest BCUT2D eigenvalue weighted by Crippen LogP contribution is 2.34. The first-order valence-electron chi connectivity index (χ1n) is 11.4. The van der Waals surface area contributed by atoms with Gasteiger partial charge in [-0.15, -0.1) is 0 Å². The Kier molecular flexibility index (Phi) is 6.44. The van der Waals surface area contributed by atoms with E-state index in [-0.39, 0.29) is 25.0 Å². The molecule has 0 radical (unpaired) electrons. The molecule has 1 fully saturated rings. The lowest BCUT2D eigenvalue weighted by Gasteiger charge is -2.37. The Morgan fingerprint density at radius 2 is 1.59 bits per heavy atom. The normalized spacial score (nSPS) is 17.5. The fourth-order valence-corrected chi connectivity index (χ4v) is 4.25. The minimum absolute atomic E-state index is 0.133. The number of ether oxygens (including phenoxy) is 3. The van der Waals surface area contributed by atoms with Gasteiger partial charge in [0.25, 0.3) is 11.8 Å². The molecule has 1 saturated heterocycles. The number of benzene rings is 3. The van der Waals surface area contributed by atoms with Crippen molar-refractivity contribution >= 4 is 17.5 Å². The lowest BCUT2D eigenvalue weighted by molar-refractivity contribution is -0.142. The molecule has 0 saturated carbocycles. The van der Waals surface area contributed by atoms with Crippen LogP contribution in [-0.4, -0.2) is 62.3 Å². The van der Waals surface area contributed by atoms with Gasteiger partial charge in [-0.2, -0.15) is 0 Å². The summed E-state index contributed by atoms with van der Waals surface area (Å²) in [5.41, 5.74) is 2.57. The standard InChI is InChI=1S/C27H26N2O5/c30-26(19-33-23-12-6-4-10-21(23)20-8-2-1-3-9-20)29-18-25(27(31)28-14-16-32-17-15-28)34-24-13-7-5-11-22(24)29/h1-13,25H,14-19H2/t25-/m1/s1. The molecule has 0 bridgehead atoms. The molecule has 0 N–H and O–H groups in total. The molecule has 2 heterocycles. The first kappa shape index (κ1) is 22.0. The Labute approximate surface area is 198 Å². The van der Waals surface area contributed by atoms with Crippen LogP contribution in [0.4, 0.5) is 5.69 Å². The smallest absolute Gasteiger partial charge is 0.265 e. The molecule has 5 rings (SSSR count). The lowest BCUT2D eigenvalue weighted by Crippen LogP contribution is -2.54. The Morgan fingerprint density at radius 1 is 0.882 bits per heavy atom. The number of hydrogen-bond acceptors (Lipinski definition) is 5. The molecule has 174 valence electrons. The van der Waals surface area contributed by atoms with E-state index in [4.69, 9.17) is 14.2 Å². The molecule has 3 aromatic carbocycles. The fourth-order valence-electron chi connectivity index (χ4n) is 4.25. The van der Waals surface area contributed by atoms with Crippen LogP contribution in [0, 0.1) is 0 Å². The third kappa shape index (κ3) is 4.61. The lowest BCUT2D eigenvalue weighted by atomic mass is 10.1. The quantitative estimate of drug-likeness (QED) is 0.586. The SMILES string of the molecule is O=C([C@H]1CN(C(=O)COc2ccccc2-c2ccccc2)c2ccccc2O1)N1CCOCC1. The van der Waals surface area contributed by atoms with E-state index in [2.05, 4.69) is 0 Å². The Hall–Kier alpha value is -3.84. The third-order valence-electron chi connectivity index (χ3n) is 6.00. The van der Waals surface area contributed by atoms with Crippen molar-refractivity contribution in [2.24, 2.45) is 0 Å². The molecule has 7 heteroatoms. The van der Waals surface area contributed by atoms with Gasteiger partial charge in [0.2, 0.25) is 0 Å². The predicted octanol–water partition coefficient (Wildman–Crippen LogP) is 3.39. The Balaban J connectivity index is 1.34. The van der Waals surface area contributed by atoms with E-state index in [0.717, 1.165) is 11.1 Å². The van der Waals surface area contributed by atoms with Crippen molar-refractivity contribution in [3.8, 4) is 22.6 Å². The van der Waals surface area contributed by atoms with Crippen LogP contribution in [-0.2, 0) is 14.3 Å². The van der Waals surface area contributed by atoms with Crippen LogP contribution in [0.25, 0.3) is 11.1 Å². The first-order valence-corrected chi connectivity index (χ1v) is 11.4. The van der Waals surface area contributed by atoms with Gasteiger partial charge >= 0.3 is 0 Å². The van der Waals surface area contributed by atoms with Crippen LogP contribution < -0.4 is 14.4 Å². The second-order valence-corrected chi connectivity index (χ2v) is 8.17. The number of anilines is 1. The molecule has 0 aliphatic carbocycles. The summed E-state index contributed by atoms with van der Waals surface area (Å²) in [5.74, 6) is 0.771. The molecule has 34 heavy (non-hydrogen) atoms. The van der Waals surface area contributed by atoms with E-state index < -0.39 is 6.10 Å². The van der Waals surface area contributed by atoms with Crippen molar-refractivity contribution in [2.75, 3.05) is 44.4 Å². The topological polar surface area (TPSA) is 68.3 Å². The molecule has 1 atom stereocenters. The summed E-state index contributed by atoms with van der Waals surface area (Å²) >= 11 is 0. The van der Waals surface area contributed by atoms with E-state index in [9.17, 15) is 9.59 Å². The predicted molar refractivity (Wildman–Crippen MR) is 128 cm³/mol. The largest absolute Gasteiger partial charge is 0.483 e. The molecule has 0 spiro atoms. The minimum Gasteiger partial charge on any atom is -0.483 e. The molecule has 2 amide bonds. The molecule has 3 aromatic rings. The average Bonchev–Trinajstić information content (AvgIpc) is 2.92. The number of amides is 2. The number of carbonyl (C=O) groups is 2. The number of rotatable bonds is 5. The fraction of sp³-hybridized carbons (Fsp3) is 0.259. The zero-order valence-electron chi connectivity index (χ0n) is 18.8. The van der Waals surface area contributed by atoms with Gasteiger partial charge in [-0.25, -0.2) is 0 Å². The van der Waals surface area contributed by atoms with Crippen molar-refractivity contribution in [3.05, 3.63) is 78.9 Å². The van der Waals surface area contributed by atoms with Crippen molar-refractivity contribution in [2.45, 2.75) is 6.10 Å². The maximum atomic E-state index is 13.3. The van der Waals surface area contributed by atoms with Gasteiger partial charge in [0.05, 0.1) is 25.4 Å². The van der Waals surface area contributed by atoms with Gasteiger partial charge in [0, 0.05) is 18.7 Å². The Bertz CT molecular complexity index is 1160. The summed E-state index contributed by atoms with van der Waals surface area (Å²) < 4.78 is 17.3. The maximum Gasteiger partial charge on any atom is 0.265 e. The number of para-hydroxylation sites is 3.